The summed E-state index contributed by atoms with van der Waals surface area (Å²) in [5, 5.41) is 5.91. The van der Waals surface area contributed by atoms with Crippen LogP contribution >= 0.6 is 11.3 Å². The molecule has 2 aromatic carbocycles. The van der Waals surface area contributed by atoms with E-state index in [1.807, 2.05) is 17.5 Å². The van der Waals surface area contributed by atoms with Crippen molar-refractivity contribution in [3.8, 4) is 10.7 Å². The summed E-state index contributed by atoms with van der Waals surface area (Å²) in [5.74, 6) is 0.210. The first-order chi connectivity index (χ1) is 15.0. The molecule has 5 aromatic rings. The van der Waals surface area contributed by atoms with Crippen LogP contribution < -0.4 is 10.5 Å². The van der Waals surface area contributed by atoms with Gasteiger partial charge in [0.1, 0.15) is 0 Å². The first kappa shape index (κ1) is 19.3. The van der Waals surface area contributed by atoms with Gasteiger partial charge in [-0.1, -0.05) is 29.4 Å². The summed E-state index contributed by atoms with van der Waals surface area (Å²) in [6.45, 7) is 0. The lowest BCUT2D eigenvalue weighted by molar-refractivity contribution is 0.386. The highest BCUT2D eigenvalue weighted by molar-refractivity contribution is 7.92. The van der Waals surface area contributed by atoms with Crippen LogP contribution in [0.2, 0.25) is 0 Å². The van der Waals surface area contributed by atoms with Crippen molar-refractivity contribution in [3.63, 3.8) is 0 Å². The number of hydrogen-bond acceptors (Lipinski definition) is 8. The van der Waals surface area contributed by atoms with Crippen LogP contribution in [0.4, 0.5) is 5.69 Å². The van der Waals surface area contributed by atoms with Gasteiger partial charge in [0, 0.05) is 0 Å². The van der Waals surface area contributed by atoms with Crippen molar-refractivity contribution in [1.82, 2.24) is 15.1 Å². The summed E-state index contributed by atoms with van der Waals surface area (Å²) >= 11 is 1.50. The third kappa shape index (κ3) is 3.88. The Hall–Kier alpha value is -3.70. The van der Waals surface area contributed by atoms with Gasteiger partial charge in [0.25, 0.3) is 10.0 Å². The second-order valence-corrected chi connectivity index (χ2v) is 9.23. The lowest BCUT2D eigenvalue weighted by Gasteiger charge is -2.11. The number of H-pyrrole nitrogens is 1. The van der Waals surface area contributed by atoms with Crippen LogP contribution in [-0.4, -0.2) is 23.5 Å². The predicted molar refractivity (Wildman–Crippen MR) is 115 cm³/mol. The number of benzene rings is 2. The average molecular weight is 454 g/mol. The lowest BCUT2D eigenvalue weighted by Crippen LogP contribution is -2.14. The van der Waals surface area contributed by atoms with Gasteiger partial charge in [-0.05, 0) is 41.3 Å². The fraction of sp³-hybridized carbons (Fsp3) is 0.0500. The van der Waals surface area contributed by atoms with Crippen LogP contribution in [-0.2, 0) is 16.4 Å². The number of nitrogens with one attached hydrogen (secondary N) is 2. The Kier molecular flexibility index (Phi) is 4.68. The molecule has 9 nitrogen and oxygen atoms in total. The number of nitrogens with zero attached hydrogens (tertiary/aromatic N) is 2. The molecular formula is C20H14N4O5S2. The molecule has 0 amide bonds. The van der Waals surface area contributed by atoms with Crippen LogP contribution in [0.3, 0.4) is 0 Å². The lowest BCUT2D eigenvalue weighted by atomic mass is 10.1. The molecule has 0 bridgehead atoms. The molecule has 0 saturated heterocycles. The van der Waals surface area contributed by atoms with Crippen molar-refractivity contribution < 1.29 is 17.4 Å². The normalized spacial score (nSPS) is 11.7. The van der Waals surface area contributed by atoms with Crippen molar-refractivity contribution in [2.45, 2.75) is 11.3 Å². The Morgan fingerprint density at radius 3 is 2.81 bits per heavy atom. The van der Waals surface area contributed by atoms with Crippen molar-refractivity contribution in [2.24, 2.45) is 0 Å². The van der Waals surface area contributed by atoms with E-state index in [1.54, 1.807) is 24.3 Å². The molecule has 0 aliphatic heterocycles. The molecule has 2 N–H and O–H groups in total. The molecule has 0 radical (unpaired) electrons. The van der Waals surface area contributed by atoms with Crippen molar-refractivity contribution in [1.29, 1.82) is 0 Å². The van der Waals surface area contributed by atoms with E-state index in [4.69, 9.17) is 8.94 Å². The molecule has 11 heteroatoms. The van der Waals surface area contributed by atoms with Gasteiger partial charge in [-0.25, -0.2) is 13.2 Å². The van der Waals surface area contributed by atoms with E-state index >= 15 is 0 Å². The summed E-state index contributed by atoms with van der Waals surface area (Å²) in [5.41, 5.74) is 1.64. The van der Waals surface area contributed by atoms with Gasteiger partial charge in [-0.2, -0.15) is 4.98 Å². The molecule has 31 heavy (non-hydrogen) atoms. The topological polar surface area (TPSA) is 131 Å². The fourth-order valence-electron chi connectivity index (χ4n) is 3.07. The number of aromatic amines is 1. The first-order valence-corrected chi connectivity index (χ1v) is 11.4. The van der Waals surface area contributed by atoms with Crippen LogP contribution in [0.5, 0.6) is 0 Å². The Balaban J connectivity index is 1.42. The quantitative estimate of drug-likeness (QED) is 0.400. The minimum atomic E-state index is -3.92. The fourth-order valence-corrected chi connectivity index (χ4v) is 4.85. The molecule has 0 saturated carbocycles. The summed E-state index contributed by atoms with van der Waals surface area (Å²) < 4.78 is 38.7. The van der Waals surface area contributed by atoms with E-state index in [2.05, 4.69) is 19.8 Å². The Morgan fingerprint density at radius 1 is 1.10 bits per heavy atom. The molecule has 0 spiro atoms. The number of anilines is 1. The van der Waals surface area contributed by atoms with Crippen molar-refractivity contribution in [2.75, 3.05) is 4.72 Å². The van der Waals surface area contributed by atoms with E-state index in [0.717, 1.165) is 4.88 Å². The van der Waals surface area contributed by atoms with Gasteiger partial charge in [0.2, 0.25) is 11.7 Å². The zero-order valence-corrected chi connectivity index (χ0v) is 17.4. The van der Waals surface area contributed by atoms with Crippen LogP contribution in [0, 0.1) is 0 Å². The molecule has 0 unspecified atom stereocenters. The first-order valence-electron chi connectivity index (χ1n) is 9.08. The highest BCUT2D eigenvalue weighted by atomic mass is 32.2. The van der Waals surface area contributed by atoms with E-state index in [0.29, 0.717) is 28.5 Å². The monoisotopic (exact) mass is 454 g/mol. The minimum Gasteiger partial charge on any atom is -0.408 e. The van der Waals surface area contributed by atoms with Crippen LogP contribution in [0.25, 0.3) is 21.8 Å². The maximum Gasteiger partial charge on any atom is 0.417 e. The number of aromatic nitrogens is 3. The molecule has 3 heterocycles. The predicted octanol–water partition coefficient (Wildman–Crippen LogP) is 3.62. The molecule has 156 valence electrons. The Bertz CT molecular complexity index is 1530. The van der Waals surface area contributed by atoms with Crippen LogP contribution in [0.15, 0.2) is 78.6 Å². The van der Waals surface area contributed by atoms with Crippen LogP contribution in [0.1, 0.15) is 11.5 Å². The zero-order valence-electron chi connectivity index (χ0n) is 15.7. The third-order valence-electron chi connectivity index (χ3n) is 4.51. The number of fused-ring (bicyclic) bond motifs is 1. The second kappa shape index (κ2) is 7.52. The Labute approximate surface area is 179 Å². The molecule has 0 atom stereocenters. The standard InChI is InChI=1S/C20H14N4O5S2/c25-20-21-15-11-13(7-8-16(15)28-20)31(26,27)24-14-5-2-1-4-12(14)10-18-22-19(23-29-18)17-6-3-9-30-17/h1-9,11,24H,10H2,(H,21,25). The SMILES string of the molecule is O=c1[nH]c2cc(S(=O)(=O)Nc3ccccc3Cc3nc(-c4cccs4)no3)ccc2o1. The number of hydrogen-bond donors (Lipinski definition) is 2. The van der Waals surface area contributed by atoms with E-state index in [9.17, 15) is 13.2 Å². The number of para-hydroxylation sites is 1. The molecule has 0 fully saturated rings. The minimum absolute atomic E-state index is 0.00961. The molecule has 5 rings (SSSR count). The van der Waals surface area contributed by atoms with Gasteiger partial charge < -0.3 is 8.94 Å². The maximum atomic E-state index is 12.9. The second-order valence-electron chi connectivity index (χ2n) is 6.60. The van der Waals surface area contributed by atoms with Gasteiger partial charge in [0.15, 0.2) is 5.58 Å². The number of rotatable bonds is 6. The van der Waals surface area contributed by atoms with E-state index in [-0.39, 0.29) is 16.9 Å². The summed E-state index contributed by atoms with van der Waals surface area (Å²) in [4.78, 5) is 19.0. The van der Waals surface area contributed by atoms with Crippen molar-refractivity contribution >= 4 is 38.1 Å². The maximum absolute atomic E-state index is 12.9. The molecule has 3 aromatic heterocycles. The van der Waals surface area contributed by atoms with Gasteiger partial charge in [-0.15, -0.1) is 11.3 Å². The number of sulfonamides is 1. The molecular weight excluding hydrogens is 440 g/mol. The average Bonchev–Trinajstić information content (AvgIpc) is 3.48. The van der Waals surface area contributed by atoms with Crippen molar-refractivity contribution in [3.05, 3.63) is 82.0 Å². The summed E-state index contributed by atoms with van der Waals surface area (Å²) in [6.07, 6.45) is 0.255. The van der Waals surface area contributed by atoms with Gasteiger partial charge in [0.05, 0.1) is 27.4 Å². The Morgan fingerprint density at radius 2 is 1.97 bits per heavy atom. The number of thiophene rings is 1. The smallest absolute Gasteiger partial charge is 0.408 e. The highest BCUT2D eigenvalue weighted by Gasteiger charge is 2.19. The third-order valence-corrected chi connectivity index (χ3v) is 6.74. The summed E-state index contributed by atoms with van der Waals surface area (Å²) in [7, 11) is -3.92. The van der Waals surface area contributed by atoms with Gasteiger partial charge >= 0.3 is 5.76 Å². The van der Waals surface area contributed by atoms with E-state index < -0.39 is 15.8 Å². The largest absolute Gasteiger partial charge is 0.417 e. The zero-order chi connectivity index (χ0) is 21.4. The highest BCUT2D eigenvalue weighted by Crippen LogP contribution is 2.26. The summed E-state index contributed by atoms with van der Waals surface area (Å²) in [6, 6.07) is 14.9. The van der Waals surface area contributed by atoms with Gasteiger partial charge in [-0.3, -0.25) is 9.71 Å². The van der Waals surface area contributed by atoms with E-state index in [1.165, 1.54) is 29.5 Å². The number of oxazole rings is 1. The molecule has 0 aliphatic carbocycles. The molecule has 0 aliphatic rings.